The second-order valence-electron chi connectivity index (χ2n) is 2.87. The fourth-order valence-electron chi connectivity index (χ4n) is 1.14. The highest BCUT2D eigenvalue weighted by Crippen LogP contribution is 2.38. The molecule has 0 unspecified atom stereocenters. The number of imide groups is 1. The van der Waals surface area contributed by atoms with Crippen molar-refractivity contribution in [3.63, 3.8) is 0 Å². The lowest BCUT2D eigenvalue weighted by Crippen LogP contribution is -2.56. The van der Waals surface area contributed by atoms with Gasteiger partial charge in [0.2, 0.25) is 6.04 Å². The fourth-order valence-corrected chi connectivity index (χ4v) is 1.14. The first-order valence-corrected chi connectivity index (χ1v) is 3.74. The van der Waals surface area contributed by atoms with E-state index in [0.29, 0.717) is 12.2 Å². The van der Waals surface area contributed by atoms with Crippen molar-refractivity contribution >= 4 is 11.8 Å². The molecule has 0 aromatic carbocycles. The molecule has 0 fully saturated rings. The van der Waals surface area contributed by atoms with Crippen molar-refractivity contribution in [2.24, 2.45) is 0 Å². The number of hydrogen-bond donors (Lipinski definition) is 0. The lowest BCUT2D eigenvalue weighted by Gasteiger charge is -2.29. The summed E-state index contributed by atoms with van der Waals surface area (Å²) in [5, 5.41) is 0. The van der Waals surface area contributed by atoms with Crippen LogP contribution < -0.4 is 0 Å². The normalized spacial score (nSPS) is 17.8. The minimum absolute atomic E-state index is 0.354. The second kappa shape index (κ2) is 3.49. The Morgan fingerprint density at radius 2 is 1.19 bits per heavy atom. The summed E-state index contributed by atoms with van der Waals surface area (Å²) in [4.78, 5) is 20.6. The van der Waals surface area contributed by atoms with Gasteiger partial charge in [0.25, 0.3) is 11.8 Å². The molecule has 1 aliphatic heterocycles. The molecule has 0 N–H and O–H groups in total. The van der Waals surface area contributed by atoms with Crippen LogP contribution in [-0.4, -0.2) is 35.1 Å². The highest BCUT2D eigenvalue weighted by Gasteiger charge is 2.62. The van der Waals surface area contributed by atoms with E-state index in [9.17, 15) is 35.9 Å². The third-order valence-electron chi connectivity index (χ3n) is 1.72. The number of hydrogen-bond acceptors (Lipinski definition) is 2. The molecule has 1 heterocycles. The summed E-state index contributed by atoms with van der Waals surface area (Å²) in [5.41, 5.74) is 0. The summed E-state index contributed by atoms with van der Waals surface area (Å²) in [6.07, 6.45) is -10.8. The maximum Gasteiger partial charge on any atom is 0.418 e. The Labute approximate surface area is 84.3 Å². The van der Waals surface area contributed by atoms with Gasteiger partial charge in [-0.15, -0.1) is 0 Å². The van der Waals surface area contributed by atoms with E-state index in [-0.39, 0.29) is 0 Å². The van der Waals surface area contributed by atoms with Gasteiger partial charge in [-0.1, -0.05) is 0 Å². The van der Waals surface area contributed by atoms with Gasteiger partial charge in [-0.3, -0.25) is 14.5 Å². The molecule has 0 spiro atoms. The molecule has 0 aromatic rings. The van der Waals surface area contributed by atoms with E-state index in [0.717, 1.165) is 0 Å². The predicted octanol–water partition coefficient (Wildman–Crippen LogP) is 1.40. The van der Waals surface area contributed by atoms with Gasteiger partial charge in [-0.05, 0) is 0 Å². The zero-order valence-electron chi connectivity index (χ0n) is 7.26. The lowest BCUT2D eigenvalue weighted by atomic mass is 10.2. The van der Waals surface area contributed by atoms with Crippen LogP contribution in [0.3, 0.4) is 0 Å². The average Bonchev–Trinajstić information content (AvgIpc) is 2.30. The van der Waals surface area contributed by atoms with Gasteiger partial charge in [-0.25, -0.2) is 0 Å². The van der Waals surface area contributed by atoms with E-state index in [1.807, 2.05) is 0 Å². The number of halogens is 6. The Bertz CT molecular complexity index is 323. The summed E-state index contributed by atoms with van der Waals surface area (Å²) in [6.45, 7) is 0. The van der Waals surface area contributed by atoms with Crippen LogP contribution in [0.4, 0.5) is 26.3 Å². The first-order chi connectivity index (χ1) is 7.05. The molecule has 3 nitrogen and oxygen atoms in total. The highest BCUT2D eigenvalue weighted by molar-refractivity contribution is 6.13. The van der Waals surface area contributed by atoms with E-state index < -0.39 is 35.1 Å². The van der Waals surface area contributed by atoms with Gasteiger partial charge >= 0.3 is 12.4 Å². The minimum atomic E-state index is -5.75. The van der Waals surface area contributed by atoms with Crippen molar-refractivity contribution in [1.29, 1.82) is 0 Å². The monoisotopic (exact) mass is 247 g/mol. The van der Waals surface area contributed by atoms with Gasteiger partial charge in [0.15, 0.2) is 0 Å². The molecule has 0 saturated carbocycles. The molecule has 0 atom stereocenters. The first kappa shape index (κ1) is 12.5. The van der Waals surface area contributed by atoms with E-state index in [1.54, 1.807) is 0 Å². The van der Waals surface area contributed by atoms with E-state index >= 15 is 0 Å². The van der Waals surface area contributed by atoms with Crippen LogP contribution in [0.1, 0.15) is 0 Å². The van der Waals surface area contributed by atoms with Crippen molar-refractivity contribution in [3.05, 3.63) is 12.2 Å². The zero-order valence-corrected chi connectivity index (χ0v) is 7.26. The van der Waals surface area contributed by atoms with Gasteiger partial charge < -0.3 is 0 Å². The standard InChI is InChI=1S/C7H3F6NO2/c8-6(9,10)5(7(11,12)13)14-3(15)1-2-4(14)16/h1-2,5H. The molecular formula is C7H3F6NO2. The first-order valence-electron chi connectivity index (χ1n) is 3.74. The maximum absolute atomic E-state index is 12.1. The van der Waals surface area contributed by atoms with Crippen LogP contribution in [0.2, 0.25) is 0 Å². The molecule has 0 saturated heterocycles. The number of alkyl halides is 6. The summed E-state index contributed by atoms with van der Waals surface area (Å²) in [6, 6.07) is -4.10. The quantitative estimate of drug-likeness (QED) is 0.519. The Morgan fingerprint density at radius 1 is 0.875 bits per heavy atom. The SMILES string of the molecule is O=C1C=CC(=O)N1C(C(F)(F)F)C(F)(F)F. The lowest BCUT2D eigenvalue weighted by molar-refractivity contribution is -0.279. The number of carbonyl (C=O) groups excluding carboxylic acids is 2. The average molecular weight is 247 g/mol. The molecule has 90 valence electrons. The van der Waals surface area contributed by atoms with E-state index in [2.05, 4.69) is 0 Å². The molecule has 0 bridgehead atoms. The summed E-state index contributed by atoms with van der Waals surface area (Å²) in [5.74, 6) is -3.27. The largest absolute Gasteiger partial charge is 0.418 e. The van der Waals surface area contributed by atoms with Crippen LogP contribution in [0.15, 0.2) is 12.2 Å². The maximum atomic E-state index is 12.1. The third kappa shape index (κ3) is 2.17. The Morgan fingerprint density at radius 3 is 1.44 bits per heavy atom. The number of rotatable bonds is 1. The van der Waals surface area contributed by atoms with Crippen molar-refractivity contribution in [2.45, 2.75) is 18.4 Å². The van der Waals surface area contributed by atoms with E-state index in [4.69, 9.17) is 0 Å². The summed E-state index contributed by atoms with van der Waals surface area (Å²) >= 11 is 0. The van der Waals surface area contributed by atoms with Crippen LogP contribution >= 0.6 is 0 Å². The molecule has 2 amide bonds. The Kier molecular flexibility index (Phi) is 2.74. The topological polar surface area (TPSA) is 37.4 Å². The predicted molar refractivity (Wildman–Crippen MR) is 36.9 cm³/mol. The van der Waals surface area contributed by atoms with Gasteiger partial charge in [0.05, 0.1) is 0 Å². The number of amides is 2. The summed E-state index contributed by atoms with van der Waals surface area (Å²) < 4.78 is 72.7. The molecule has 0 radical (unpaired) electrons. The Balaban J connectivity index is 3.14. The fraction of sp³-hybridized carbons (Fsp3) is 0.429. The van der Waals surface area contributed by atoms with Crippen LogP contribution in [0, 0.1) is 0 Å². The number of nitrogens with zero attached hydrogens (tertiary/aromatic N) is 1. The van der Waals surface area contributed by atoms with Gasteiger partial charge in [-0.2, -0.15) is 26.3 Å². The van der Waals surface area contributed by atoms with E-state index in [1.165, 1.54) is 0 Å². The molecular weight excluding hydrogens is 244 g/mol. The molecule has 1 aliphatic rings. The van der Waals surface area contributed by atoms with Crippen molar-refractivity contribution in [1.82, 2.24) is 4.90 Å². The van der Waals surface area contributed by atoms with Crippen molar-refractivity contribution in [3.8, 4) is 0 Å². The second-order valence-corrected chi connectivity index (χ2v) is 2.87. The van der Waals surface area contributed by atoms with Crippen molar-refractivity contribution < 1.29 is 35.9 Å². The molecule has 0 aromatic heterocycles. The zero-order chi connectivity index (χ0) is 12.7. The smallest absolute Gasteiger partial charge is 0.269 e. The van der Waals surface area contributed by atoms with Crippen LogP contribution in [0.25, 0.3) is 0 Å². The van der Waals surface area contributed by atoms with Crippen molar-refractivity contribution in [2.75, 3.05) is 0 Å². The Hall–Kier alpha value is -1.54. The van der Waals surface area contributed by atoms with Gasteiger partial charge in [0, 0.05) is 12.2 Å². The minimum Gasteiger partial charge on any atom is -0.269 e. The highest BCUT2D eigenvalue weighted by atomic mass is 19.4. The molecule has 1 rings (SSSR count). The molecule has 0 aliphatic carbocycles. The third-order valence-corrected chi connectivity index (χ3v) is 1.72. The number of carbonyl (C=O) groups is 2. The van der Waals surface area contributed by atoms with Gasteiger partial charge in [0.1, 0.15) is 0 Å². The summed E-state index contributed by atoms with van der Waals surface area (Å²) in [7, 11) is 0. The van der Waals surface area contributed by atoms with Crippen LogP contribution in [0.5, 0.6) is 0 Å². The van der Waals surface area contributed by atoms with Crippen LogP contribution in [-0.2, 0) is 9.59 Å². The molecule has 16 heavy (non-hydrogen) atoms. The molecule has 9 heteroatoms.